The Kier molecular flexibility index (Phi) is 4.20. The summed E-state index contributed by atoms with van der Waals surface area (Å²) in [5, 5.41) is 2.88. The van der Waals surface area contributed by atoms with Crippen molar-refractivity contribution in [2.24, 2.45) is 5.73 Å². The predicted molar refractivity (Wildman–Crippen MR) is 73.5 cm³/mol. The van der Waals surface area contributed by atoms with Crippen LogP contribution in [0.2, 0.25) is 0 Å². The number of carbonyl (C=O) groups is 1. The summed E-state index contributed by atoms with van der Waals surface area (Å²) < 4.78 is 0. The first-order valence-electron chi connectivity index (χ1n) is 6.55. The van der Waals surface area contributed by atoms with Crippen LogP contribution in [0.1, 0.15) is 31.4 Å². The SMILES string of the molecule is CC(NC(=O)CN)c1cccc(N2CCCC2)c1. The maximum Gasteiger partial charge on any atom is 0.234 e. The maximum absolute atomic E-state index is 11.3. The third-order valence-corrected chi connectivity index (χ3v) is 3.40. The fraction of sp³-hybridized carbons (Fsp3) is 0.500. The fourth-order valence-corrected chi connectivity index (χ4v) is 2.35. The van der Waals surface area contributed by atoms with E-state index in [2.05, 4.69) is 22.3 Å². The number of hydrogen-bond donors (Lipinski definition) is 2. The van der Waals surface area contributed by atoms with Gasteiger partial charge in [0.25, 0.3) is 0 Å². The van der Waals surface area contributed by atoms with Crippen LogP contribution in [-0.4, -0.2) is 25.5 Å². The van der Waals surface area contributed by atoms with Crippen LogP contribution in [0.15, 0.2) is 24.3 Å². The van der Waals surface area contributed by atoms with Gasteiger partial charge in [-0.1, -0.05) is 12.1 Å². The minimum atomic E-state index is -0.117. The molecule has 1 unspecified atom stereocenters. The summed E-state index contributed by atoms with van der Waals surface area (Å²) in [5.41, 5.74) is 7.68. The van der Waals surface area contributed by atoms with Gasteiger partial charge < -0.3 is 16.0 Å². The van der Waals surface area contributed by atoms with Crippen LogP contribution in [-0.2, 0) is 4.79 Å². The molecule has 1 atom stereocenters. The van der Waals surface area contributed by atoms with Gasteiger partial charge in [-0.15, -0.1) is 0 Å². The van der Waals surface area contributed by atoms with Crippen molar-refractivity contribution in [2.45, 2.75) is 25.8 Å². The monoisotopic (exact) mass is 247 g/mol. The molecule has 0 spiro atoms. The van der Waals surface area contributed by atoms with E-state index in [4.69, 9.17) is 5.73 Å². The molecule has 4 heteroatoms. The molecule has 1 aliphatic heterocycles. The second-order valence-electron chi connectivity index (χ2n) is 4.78. The van der Waals surface area contributed by atoms with Crippen LogP contribution in [0, 0.1) is 0 Å². The molecule has 1 fully saturated rings. The van der Waals surface area contributed by atoms with Crippen LogP contribution >= 0.6 is 0 Å². The quantitative estimate of drug-likeness (QED) is 0.846. The van der Waals surface area contributed by atoms with Gasteiger partial charge >= 0.3 is 0 Å². The van der Waals surface area contributed by atoms with E-state index in [1.165, 1.54) is 18.5 Å². The predicted octanol–water partition coefficient (Wildman–Crippen LogP) is 1.42. The maximum atomic E-state index is 11.3. The second-order valence-corrected chi connectivity index (χ2v) is 4.78. The average molecular weight is 247 g/mol. The zero-order chi connectivity index (χ0) is 13.0. The number of carbonyl (C=O) groups excluding carboxylic acids is 1. The summed E-state index contributed by atoms with van der Waals surface area (Å²) in [4.78, 5) is 13.7. The lowest BCUT2D eigenvalue weighted by molar-refractivity contribution is -0.120. The van der Waals surface area contributed by atoms with Crippen molar-refractivity contribution in [1.29, 1.82) is 0 Å². The highest BCUT2D eigenvalue weighted by Crippen LogP contribution is 2.23. The summed E-state index contributed by atoms with van der Waals surface area (Å²) in [6, 6.07) is 8.39. The Morgan fingerprint density at radius 2 is 2.17 bits per heavy atom. The summed E-state index contributed by atoms with van der Waals surface area (Å²) in [6.07, 6.45) is 2.54. The number of hydrogen-bond acceptors (Lipinski definition) is 3. The topological polar surface area (TPSA) is 58.4 Å². The highest BCUT2D eigenvalue weighted by molar-refractivity contribution is 5.78. The van der Waals surface area contributed by atoms with Crippen LogP contribution in [0.5, 0.6) is 0 Å². The van der Waals surface area contributed by atoms with Gasteiger partial charge in [0.2, 0.25) is 5.91 Å². The van der Waals surface area contributed by atoms with E-state index in [1.807, 2.05) is 19.1 Å². The normalized spacial score (nSPS) is 16.7. The molecule has 0 radical (unpaired) electrons. The van der Waals surface area contributed by atoms with Crippen LogP contribution in [0.3, 0.4) is 0 Å². The van der Waals surface area contributed by atoms with Crippen molar-refractivity contribution in [2.75, 3.05) is 24.5 Å². The number of rotatable bonds is 4. The lowest BCUT2D eigenvalue weighted by Crippen LogP contribution is -2.32. The third-order valence-electron chi connectivity index (χ3n) is 3.40. The first-order chi connectivity index (χ1) is 8.70. The number of nitrogens with two attached hydrogens (primary N) is 1. The van der Waals surface area contributed by atoms with Crippen molar-refractivity contribution in [3.05, 3.63) is 29.8 Å². The molecule has 0 aliphatic carbocycles. The van der Waals surface area contributed by atoms with Crippen molar-refractivity contribution in [3.8, 4) is 0 Å². The lowest BCUT2D eigenvalue weighted by atomic mass is 10.1. The number of amides is 1. The van der Waals surface area contributed by atoms with Crippen molar-refractivity contribution < 1.29 is 4.79 Å². The second kappa shape index (κ2) is 5.87. The Bertz CT molecular complexity index is 413. The minimum absolute atomic E-state index is 0.00334. The summed E-state index contributed by atoms with van der Waals surface area (Å²) >= 11 is 0. The molecule has 0 saturated carbocycles. The van der Waals surface area contributed by atoms with E-state index < -0.39 is 0 Å². The van der Waals surface area contributed by atoms with Gasteiger partial charge in [0, 0.05) is 18.8 Å². The summed E-state index contributed by atoms with van der Waals surface area (Å²) in [5.74, 6) is -0.117. The van der Waals surface area contributed by atoms with Crippen LogP contribution < -0.4 is 16.0 Å². The van der Waals surface area contributed by atoms with E-state index in [0.717, 1.165) is 18.7 Å². The molecule has 1 aromatic rings. The molecule has 98 valence electrons. The molecule has 1 amide bonds. The van der Waals surface area contributed by atoms with E-state index in [-0.39, 0.29) is 18.5 Å². The van der Waals surface area contributed by atoms with Gasteiger partial charge in [-0.2, -0.15) is 0 Å². The Labute approximate surface area is 108 Å². The highest BCUT2D eigenvalue weighted by atomic mass is 16.1. The Hall–Kier alpha value is -1.55. The standard InChI is InChI=1S/C14H21N3O/c1-11(16-14(18)10-15)12-5-4-6-13(9-12)17-7-2-3-8-17/h4-6,9,11H,2-3,7-8,10,15H2,1H3,(H,16,18). The third kappa shape index (κ3) is 3.01. The van der Waals surface area contributed by atoms with Gasteiger partial charge in [-0.05, 0) is 37.5 Å². The molecule has 1 saturated heterocycles. The molecule has 4 nitrogen and oxygen atoms in total. The molecular weight excluding hydrogens is 226 g/mol. The molecule has 1 aliphatic rings. The highest BCUT2D eigenvalue weighted by Gasteiger charge is 2.14. The van der Waals surface area contributed by atoms with Crippen molar-refractivity contribution >= 4 is 11.6 Å². The Morgan fingerprint density at radius 3 is 2.83 bits per heavy atom. The van der Waals surface area contributed by atoms with Crippen molar-refractivity contribution in [1.82, 2.24) is 5.32 Å². The molecule has 0 bridgehead atoms. The molecule has 0 aromatic heterocycles. The first kappa shape index (κ1) is 12.9. The zero-order valence-corrected chi connectivity index (χ0v) is 10.9. The largest absolute Gasteiger partial charge is 0.372 e. The van der Waals surface area contributed by atoms with Crippen LogP contribution in [0.4, 0.5) is 5.69 Å². The zero-order valence-electron chi connectivity index (χ0n) is 10.9. The molecule has 1 heterocycles. The smallest absolute Gasteiger partial charge is 0.234 e. The average Bonchev–Trinajstić information content (AvgIpc) is 2.92. The first-order valence-corrected chi connectivity index (χ1v) is 6.55. The molecular formula is C14H21N3O. The lowest BCUT2D eigenvalue weighted by Gasteiger charge is -2.20. The molecule has 1 aromatic carbocycles. The van der Waals surface area contributed by atoms with E-state index in [1.54, 1.807) is 0 Å². The number of nitrogens with zero attached hydrogens (tertiary/aromatic N) is 1. The van der Waals surface area contributed by atoms with Gasteiger partial charge in [-0.3, -0.25) is 4.79 Å². The molecule has 3 N–H and O–H groups in total. The Balaban J connectivity index is 2.08. The minimum Gasteiger partial charge on any atom is -0.372 e. The van der Waals surface area contributed by atoms with Gasteiger partial charge in [0.1, 0.15) is 0 Å². The fourth-order valence-electron chi connectivity index (χ4n) is 2.35. The van der Waals surface area contributed by atoms with Crippen LogP contribution in [0.25, 0.3) is 0 Å². The molecule has 18 heavy (non-hydrogen) atoms. The Morgan fingerprint density at radius 1 is 1.44 bits per heavy atom. The summed E-state index contributed by atoms with van der Waals surface area (Å²) in [6.45, 7) is 4.28. The van der Waals surface area contributed by atoms with Gasteiger partial charge in [0.05, 0.1) is 12.6 Å². The summed E-state index contributed by atoms with van der Waals surface area (Å²) in [7, 11) is 0. The number of nitrogens with one attached hydrogen (secondary N) is 1. The van der Waals surface area contributed by atoms with Gasteiger partial charge in [-0.25, -0.2) is 0 Å². The van der Waals surface area contributed by atoms with E-state index in [0.29, 0.717) is 0 Å². The van der Waals surface area contributed by atoms with E-state index in [9.17, 15) is 4.79 Å². The molecule has 2 rings (SSSR count). The van der Waals surface area contributed by atoms with Crippen molar-refractivity contribution in [3.63, 3.8) is 0 Å². The number of anilines is 1. The van der Waals surface area contributed by atoms with E-state index >= 15 is 0 Å². The van der Waals surface area contributed by atoms with Gasteiger partial charge in [0.15, 0.2) is 0 Å². The number of benzene rings is 1.